The van der Waals surface area contributed by atoms with Gasteiger partial charge in [-0.25, -0.2) is 9.78 Å². The zero-order valence-electron chi connectivity index (χ0n) is 16.0. The maximum Gasteiger partial charge on any atom is 0.412 e. The number of amides is 1. The molecule has 0 spiro atoms. The Bertz CT molecular complexity index is 900. The summed E-state index contributed by atoms with van der Waals surface area (Å²) in [6.45, 7) is 3.56. The highest BCUT2D eigenvalue weighted by Gasteiger charge is 2.22. The summed E-state index contributed by atoms with van der Waals surface area (Å²) in [5.41, 5.74) is 6.99. The second-order valence-corrected chi connectivity index (χ2v) is 6.00. The number of nitrogens with one attached hydrogen (secondary N) is 3. The van der Waals surface area contributed by atoms with E-state index in [0.29, 0.717) is 0 Å². The summed E-state index contributed by atoms with van der Waals surface area (Å²) < 4.78 is 4.74. The van der Waals surface area contributed by atoms with Gasteiger partial charge in [-0.2, -0.15) is 0 Å². The number of carbonyl (C=O) groups is 2. The first-order valence-electron chi connectivity index (χ1n) is 8.75. The highest BCUT2D eigenvalue weighted by atomic mass is 16.6. The molecule has 0 aliphatic heterocycles. The third kappa shape index (κ3) is 6.34. The number of hydrogen-bond acceptors (Lipinski definition) is 9. The Labute approximate surface area is 166 Å². The van der Waals surface area contributed by atoms with Gasteiger partial charge in [-0.3, -0.25) is 20.2 Å². The minimum atomic E-state index is -0.780. The fraction of sp³-hybridized carbons (Fsp3) is 0.278. The van der Waals surface area contributed by atoms with E-state index in [4.69, 9.17) is 10.5 Å². The minimum Gasteiger partial charge on any atom is -0.450 e. The minimum absolute atomic E-state index is 0.0261. The molecule has 1 aromatic carbocycles. The van der Waals surface area contributed by atoms with Crippen LogP contribution in [0.1, 0.15) is 12.5 Å². The molecule has 0 aliphatic rings. The zero-order chi connectivity index (χ0) is 21.4. The lowest BCUT2D eigenvalue weighted by molar-refractivity contribution is -0.383. The van der Waals surface area contributed by atoms with Gasteiger partial charge in [-0.1, -0.05) is 17.7 Å². The summed E-state index contributed by atoms with van der Waals surface area (Å²) in [6.07, 6.45) is -0.780. The van der Waals surface area contributed by atoms with Gasteiger partial charge in [-0.15, -0.1) is 0 Å². The number of hydrogen-bond donors (Lipinski definition) is 4. The molecule has 0 aliphatic carbocycles. The van der Waals surface area contributed by atoms with Gasteiger partial charge in [-0.05, 0) is 26.0 Å². The highest BCUT2D eigenvalue weighted by molar-refractivity contribution is 5.90. The van der Waals surface area contributed by atoms with Crippen molar-refractivity contribution in [3.05, 3.63) is 46.0 Å². The standard InChI is InChI=1S/C18H22N6O5/c1-3-29-18(26)23-15-8-14(16(24(27)28)17(19)22-15)21-10-13(25)9-20-12-6-4-11(2)5-7-12/h4-8,20H,3,9-10H2,1-2H3,(H4,19,21,22,23,26). The van der Waals surface area contributed by atoms with E-state index >= 15 is 0 Å². The van der Waals surface area contributed by atoms with Crippen LogP contribution < -0.4 is 21.7 Å². The molecular formula is C18H22N6O5. The number of benzene rings is 1. The molecule has 0 saturated heterocycles. The number of nitrogen functional groups attached to an aromatic ring is 1. The van der Waals surface area contributed by atoms with E-state index in [0.717, 1.165) is 11.3 Å². The van der Waals surface area contributed by atoms with E-state index in [1.807, 2.05) is 31.2 Å². The van der Waals surface area contributed by atoms with E-state index in [2.05, 4.69) is 20.9 Å². The molecule has 1 heterocycles. The van der Waals surface area contributed by atoms with Crippen LogP contribution in [0.5, 0.6) is 0 Å². The summed E-state index contributed by atoms with van der Waals surface area (Å²) in [6, 6.07) is 8.72. The number of aryl methyl sites for hydroxylation is 1. The van der Waals surface area contributed by atoms with Crippen molar-refractivity contribution in [3.63, 3.8) is 0 Å². The lowest BCUT2D eigenvalue weighted by Gasteiger charge is -2.11. The number of pyridine rings is 1. The van der Waals surface area contributed by atoms with Crippen LogP contribution in [0.4, 0.5) is 33.5 Å². The molecule has 154 valence electrons. The first-order chi connectivity index (χ1) is 13.8. The Kier molecular flexibility index (Phi) is 7.29. The van der Waals surface area contributed by atoms with Gasteiger partial charge in [0.15, 0.2) is 5.78 Å². The molecule has 0 radical (unpaired) electrons. The lowest BCUT2D eigenvalue weighted by Crippen LogP contribution is -2.23. The average molecular weight is 402 g/mol. The summed E-state index contributed by atoms with van der Waals surface area (Å²) in [7, 11) is 0. The van der Waals surface area contributed by atoms with Crippen LogP contribution in [0.15, 0.2) is 30.3 Å². The van der Waals surface area contributed by atoms with Gasteiger partial charge in [0.05, 0.1) is 24.6 Å². The quantitative estimate of drug-likeness (QED) is 0.365. The molecule has 0 unspecified atom stereocenters. The Morgan fingerprint density at radius 1 is 1.21 bits per heavy atom. The number of nitrogens with two attached hydrogens (primary N) is 1. The van der Waals surface area contributed by atoms with E-state index in [1.54, 1.807) is 6.92 Å². The number of anilines is 4. The first kappa shape index (κ1) is 21.4. The molecule has 0 saturated carbocycles. The summed E-state index contributed by atoms with van der Waals surface area (Å²) in [5.74, 6) is -0.688. The number of nitro groups is 1. The molecule has 11 heteroatoms. The van der Waals surface area contributed by atoms with Crippen LogP contribution in [0.3, 0.4) is 0 Å². The number of nitrogens with zero attached hydrogens (tertiary/aromatic N) is 2. The molecule has 0 atom stereocenters. The molecule has 29 heavy (non-hydrogen) atoms. The highest BCUT2D eigenvalue weighted by Crippen LogP contribution is 2.31. The van der Waals surface area contributed by atoms with Crippen LogP contribution in [0.2, 0.25) is 0 Å². The van der Waals surface area contributed by atoms with Crippen molar-refractivity contribution in [3.8, 4) is 0 Å². The second-order valence-electron chi connectivity index (χ2n) is 6.00. The normalized spacial score (nSPS) is 10.1. The number of rotatable bonds is 9. The van der Waals surface area contributed by atoms with Crippen LogP contribution in [0.25, 0.3) is 0 Å². The molecule has 2 rings (SSSR count). The fourth-order valence-corrected chi connectivity index (χ4v) is 2.35. The van der Waals surface area contributed by atoms with Crippen LogP contribution in [0, 0.1) is 17.0 Å². The second kappa shape index (κ2) is 9.88. The molecular weight excluding hydrogens is 380 g/mol. The summed E-state index contributed by atoms with van der Waals surface area (Å²) in [4.78, 5) is 38.0. The maximum absolute atomic E-state index is 12.1. The van der Waals surface area contributed by atoms with E-state index in [9.17, 15) is 19.7 Å². The van der Waals surface area contributed by atoms with Gasteiger partial charge >= 0.3 is 11.8 Å². The zero-order valence-corrected chi connectivity index (χ0v) is 16.0. The van der Waals surface area contributed by atoms with Crippen LogP contribution >= 0.6 is 0 Å². The molecule has 0 fully saturated rings. The van der Waals surface area contributed by atoms with Crippen molar-refractivity contribution in [2.45, 2.75) is 13.8 Å². The number of ether oxygens (including phenoxy) is 1. The number of Topliss-reactive ketones (excluding diaryl/α,β-unsaturated/α-hetero) is 1. The van der Waals surface area contributed by atoms with E-state index in [-0.39, 0.29) is 37.0 Å². The Balaban J connectivity index is 2.05. The topological polar surface area (TPSA) is 162 Å². The predicted octanol–water partition coefficient (Wildman–Crippen LogP) is 2.54. The van der Waals surface area contributed by atoms with Crippen molar-refractivity contribution >= 4 is 40.6 Å². The molecule has 0 bridgehead atoms. The average Bonchev–Trinajstić information content (AvgIpc) is 2.65. The van der Waals surface area contributed by atoms with Crippen LogP contribution in [-0.2, 0) is 9.53 Å². The summed E-state index contributed by atoms with van der Waals surface area (Å²) >= 11 is 0. The third-order valence-corrected chi connectivity index (χ3v) is 3.73. The fourth-order valence-electron chi connectivity index (χ4n) is 2.35. The summed E-state index contributed by atoms with van der Waals surface area (Å²) in [5, 5.41) is 19.3. The maximum atomic E-state index is 12.1. The van der Waals surface area contributed by atoms with Gasteiger partial charge < -0.3 is 21.1 Å². The largest absolute Gasteiger partial charge is 0.450 e. The monoisotopic (exact) mass is 402 g/mol. The van der Waals surface area contributed by atoms with Crippen LogP contribution in [-0.4, -0.2) is 41.5 Å². The van der Waals surface area contributed by atoms with Crippen molar-refractivity contribution in [2.24, 2.45) is 0 Å². The van der Waals surface area contributed by atoms with E-state index in [1.165, 1.54) is 6.07 Å². The Hall–Kier alpha value is -3.89. The predicted molar refractivity (Wildman–Crippen MR) is 109 cm³/mol. The molecule has 5 N–H and O–H groups in total. The van der Waals surface area contributed by atoms with Gasteiger partial charge in [0.1, 0.15) is 11.5 Å². The molecule has 2 aromatic rings. The van der Waals surface area contributed by atoms with Crippen molar-refractivity contribution in [1.29, 1.82) is 0 Å². The van der Waals surface area contributed by atoms with E-state index < -0.39 is 22.5 Å². The smallest absolute Gasteiger partial charge is 0.412 e. The number of carbonyl (C=O) groups excluding carboxylic acids is 2. The lowest BCUT2D eigenvalue weighted by atomic mass is 10.2. The SMILES string of the molecule is CCOC(=O)Nc1cc(NCC(=O)CNc2ccc(C)cc2)c([N+](=O)[O-])c(N)n1. The first-order valence-corrected chi connectivity index (χ1v) is 8.75. The molecule has 1 amide bonds. The van der Waals surface area contributed by atoms with Crippen molar-refractivity contribution in [2.75, 3.05) is 41.4 Å². The Morgan fingerprint density at radius 2 is 1.86 bits per heavy atom. The van der Waals surface area contributed by atoms with Gasteiger partial charge in [0.25, 0.3) is 0 Å². The molecule has 11 nitrogen and oxygen atoms in total. The number of ketones is 1. The third-order valence-electron chi connectivity index (χ3n) is 3.73. The Morgan fingerprint density at radius 3 is 2.48 bits per heavy atom. The molecule has 1 aromatic heterocycles. The van der Waals surface area contributed by atoms with Crippen molar-refractivity contribution < 1.29 is 19.2 Å². The number of aromatic nitrogens is 1. The van der Waals surface area contributed by atoms with Crippen molar-refractivity contribution in [1.82, 2.24) is 4.98 Å². The van der Waals surface area contributed by atoms with Gasteiger partial charge in [0, 0.05) is 11.8 Å². The van der Waals surface area contributed by atoms with Gasteiger partial charge in [0.2, 0.25) is 5.82 Å².